The third-order valence-electron chi connectivity index (χ3n) is 7.35. The molecule has 1 amide bonds. The molecule has 0 saturated carbocycles. The second-order valence-corrected chi connectivity index (χ2v) is 14.2. The van der Waals surface area contributed by atoms with Crippen LogP contribution in [0, 0.1) is 5.92 Å². The van der Waals surface area contributed by atoms with Crippen molar-refractivity contribution in [1.82, 2.24) is 15.3 Å². The number of nitrogens with one attached hydrogen (secondary N) is 2. The van der Waals surface area contributed by atoms with Crippen molar-refractivity contribution in [3.8, 4) is 5.75 Å². The highest BCUT2D eigenvalue weighted by Gasteiger charge is 2.58. The van der Waals surface area contributed by atoms with Crippen molar-refractivity contribution >= 4 is 55.8 Å². The Hall–Kier alpha value is -3.17. The maximum Gasteiger partial charge on any atom is 0.459 e. The molecule has 47 heavy (non-hydrogen) atoms. The van der Waals surface area contributed by atoms with E-state index in [-0.39, 0.29) is 11.7 Å². The average Bonchev–Trinajstić information content (AvgIpc) is 3.24. The molecule has 2 aromatic carbocycles. The maximum absolute atomic E-state index is 14.4. The minimum atomic E-state index is -4.47. The standard InChI is InChI=1S/C30H39BClN4O10P/c1-16(2)24(33)27(39)45-25-22(44-28(30(25,31)32)36-14-13-23(37)34-29(36)40)15-42-47(41,35-18(5)26(38)43-17(3)4)46-21-12-8-10-19-9-6-7-11-20(19)21/h6-14,16-18,22,24-25,28-29,40H,15,33H2,1-5H3,(H,34,37)(H,35,41)/t18-,22+,24-,25+,28+,29?,30-,47-/m0/s1. The molecule has 0 aromatic heterocycles. The number of halogens is 1. The number of hydrogen-bond acceptors (Lipinski definition) is 12. The largest absolute Gasteiger partial charge is 0.462 e. The molecule has 5 N–H and O–H groups in total. The minimum Gasteiger partial charge on any atom is -0.462 e. The zero-order chi connectivity index (χ0) is 34.7. The summed E-state index contributed by atoms with van der Waals surface area (Å²) in [4.78, 5) is 38.6. The monoisotopic (exact) mass is 692 g/mol. The summed E-state index contributed by atoms with van der Waals surface area (Å²) in [5.41, 5.74) is 6.02. The van der Waals surface area contributed by atoms with Crippen LogP contribution in [0.5, 0.6) is 5.75 Å². The zero-order valence-corrected chi connectivity index (χ0v) is 28.2. The topological polar surface area (TPSA) is 188 Å². The van der Waals surface area contributed by atoms with Crippen LogP contribution in [0.4, 0.5) is 0 Å². The molecular formula is C30H39BClN4O10P. The lowest BCUT2D eigenvalue weighted by atomic mass is 9.79. The number of esters is 2. The van der Waals surface area contributed by atoms with E-state index in [4.69, 9.17) is 48.4 Å². The number of benzene rings is 2. The highest BCUT2D eigenvalue weighted by atomic mass is 35.5. The lowest BCUT2D eigenvalue weighted by molar-refractivity contribution is -0.157. The minimum absolute atomic E-state index is 0.183. The Morgan fingerprint density at radius 3 is 2.51 bits per heavy atom. The van der Waals surface area contributed by atoms with Crippen molar-refractivity contribution in [2.24, 2.45) is 11.7 Å². The predicted octanol–water partition coefficient (Wildman–Crippen LogP) is 2.22. The molecule has 2 aliphatic rings. The molecule has 254 valence electrons. The second kappa shape index (κ2) is 14.9. The molecule has 0 spiro atoms. The molecule has 14 nitrogen and oxygen atoms in total. The van der Waals surface area contributed by atoms with Crippen molar-refractivity contribution in [1.29, 1.82) is 0 Å². The molecule has 0 bridgehead atoms. The molecular weight excluding hydrogens is 654 g/mol. The van der Waals surface area contributed by atoms with E-state index in [0.29, 0.717) is 5.39 Å². The Morgan fingerprint density at radius 1 is 1.17 bits per heavy atom. The maximum atomic E-state index is 14.4. The van der Waals surface area contributed by atoms with E-state index < -0.39 is 79.9 Å². The van der Waals surface area contributed by atoms with Gasteiger partial charge in [0.2, 0.25) is 12.3 Å². The lowest BCUT2D eigenvalue weighted by Crippen LogP contribution is -2.59. The van der Waals surface area contributed by atoms with Crippen molar-refractivity contribution in [2.75, 3.05) is 6.61 Å². The first-order valence-corrected chi connectivity index (χ1v) is 16.9. The summed E-state index contributed by atoms with van der Waals surface area (Å²) in [6, 6.07) is 10.1. The van der Waals surface area contributed by atoms with Gasteiger partial charge in [0.1, 0.15) is 44.1 Å². The molecule has 1 fully saturated rings. The summed E-state index contributed by atoms with van der Waals surface area (Å²) in [5, 5.41) is 16.8. The van der Waals surface area contributed by atoms with Crippen LogP contribution < -0.4 is 20.7 Å². The molecule has 1 saturated heterocycles. The molecule has 4 rings (SSSR count). The van der Waals surface area contributed by atoms with Gasteiger partial charge in [-0.05, 0) is 38.1 Å². The first kappa shape index (κ1) is 36.7. The Labute approximate surface area is 279 Å². The number of aliphatic hydroxyl groups excluding tert-OH is 1. The van der Waals surface area contributed by atoms with Crippen LogP contribution >= 0.6 is 19.3 Å². The fourth-order valence-corrected chi connectivity index (χ4v) is 6.69. The number of amides is 1. The van der Waals surface area contributed by atoms with E-state index in [9.17, 15) is 24.1 Å². The van der Waals surface area contributed by atoms with E-state index in [1.165, 1.54) is 13.1 Å². The molecule has 8 atom stereocenters. The number of carbonyl (C=O) groups is 3. The molecule has 0 aliphatic carbocycles. The number of carbonyl (C=O) groups excluding carboxylic acids is 3. The predicted molar refractivity (Wildman–Crippen MR) is 173 cm³/mol. The van der Waals surface area contributed by atoms with Crippen molar-refractivity contribution in [3.63, 3.8) is 0 Å². The highest BCUT2D eigenvalue weighted by Crippen LogP contribution is 2.48. The summed E-state index contributed by atoms with van der Waals surface area (Å²) in [5.74, 6) is -2.28. The van der Waals surface area contributed by atoms with Gasteiger partial charge in [0, 0.05) is 17.7 Å². The molecule has 1 unspecified atom stereocenters. The number of rotatable bonds is 13. The van der Waals surface area contributed by atoms with Gasteiger partial charge < -0.3 is 39.8 Å². The normalized spacial score (nSPS) is 26.9. The van der Waals surface area contributed by atoms with Gasteiger partial charge in [0.25, 0.3) is 0 Å². The van der Waals surface area contributed by atoms with Gasteiger partial charge in [0.05, 0.1) is 17.5 Å². The number of fused-ring (bicyclic) bond motifs is 1. The van der Waals surface area contributed by atoms with Gasteiger partial charge in [-0.25, -0.2) is 4.57 Å². The summed E-state index contributed by atoms with van der Waals surface area (Å²) < 4.78 is 41.2. The van der Waals surface area contributed by atoms with Gasteiger partial charge >= 0.3 is 19.7 Å². The van der Waals surface area contributed by atoms with Crippen LogP contribution in [0.25, 0.3) is 10.8 Å². The number of nitrogens with zero attached hydrogens (tertiary/aromatic N) is 1. The van der Waals surface area contributed by atoms with E-state index in [1.54, 1.807) is 52.0 Å². The average molecular weight is 693 g/mol. The first-order chi connectivity index (χ1) is 22.0. The van der Waals surface area contributed by atoms with Crippen molar-refractivity contribution in [3.05, 3.63) is 54.7 Å². The van der Waals surface area contributed by atoms with Gasteiger partial charge in [-0.2, -0.15) is 5.09 Å². The lowest BCUT2D eigenvalue weighted by Gasteiger charge is -2.39. The summed E-state index contributed by atoms with van der Waals surface area (Å²) in [6.07, 6.45) is -3.97. The number of nitrogens with two attached hydrogens (primary N) is 1. The molecule has 2 aliphatic heterocycles. The van der Waals surface area contributed by atoms with Crippen LogP contribution in [-0.4, -0.2) is 90.1 Å². The van der Waals surface area contributed by atoms with Gasteiger partial charge in [-0.15, -0.1) is 11.6 Å². The molecule has 2 aromatic rings. The SMILES string of the molecule is [B][C@]1(Cl)[C@H](OC(=O)[C@@H](N)C(C)C)[C@@H](CO[P@@](=O)(N[C@@H](C)C(=O)OC(C)C)Oc2cccc3ccccc23)O[C@H]1N1C=CC(=O)NC1O. The van der Waals surface area contributed by atoms with Crippen molar-refractivity contribution in [2.45, 2.75) is 82.4 Å². The van der Waals surface area contributed by atoms with E-state index in [0.717, 1.165) is 16.4 Å². The number of ether oxygens (including phenoxy) is 3. The zero-order valence-electron chi connectivity index (χ0n) is 26.6. The third kappa shape index (κ3) is 8.66. The first-order valence-electron chi connectivity index (χ1n) is 15.0. The summed E-state index contributed by atoms with van der Waals surface area (Å²) in [6.45, 7) is 7.57. The molecule has 17 heteroatoms. The van der Waals surface area contributed by atoms with Crippen molar-refractivity contribution < 1.29 is 47.3 Å². The highest BCUT2D eigenvalue weighted by molar-refractivity contribution is 7.52. The van der Waals surface area contributed by atoms with E-state index in [2.05, 4.69) is 10.4 Å². The number of alkyl halides is 1. The van der Waals surface area contributed by atoms with Crippen LogP contribution in [0.15, 0.2) is 54.7 Å². The Kier molecular flexibility index (Phi) is 11.7. The van der Waals surface area contributed by atoms with Gasteiger partial charge in [0.15, 0.2) is 0 Å². The quantitative estimate of drug-likeness (QED) is 0.104. The van der Waals surface area contributed by atoms with Crippen LogP contribution in [0.1, 0.15) is 34.6 Å². The fraction of sp³-hybridized carbons (Fsp3) is 0.500. The Balaban J connectivity index is 1.66. The van der Waals surface area contributed by atoms with Crippen LogP contribution in [0.3, 0.4) is 0 Å². The molecule has 2 heterocycles. The fourth-order valence-electron chi connectivity index (χ4n) is 4.82. The number of aliphatic hydroxyl groups is 1. The summed E-state index contributed by atoms with van der Waals surface area (Å²) in [7, 11) is 2.02. The second-order valence-electron chi connectivity index (χ2n) is 11.8. The van der Waals surface area contributed by atoms with Gasteiger partial charge in [-0.3, -0.25) is 18.9 Å². The summed E-state index contributed by atoms with van der Waals surface area (Å²) >= 11 is 6.78. The Morgan fingerprint density at radius 2 is 1.85 bits per heavy atom. The van der Waals surface area contributed by atoms with E-state index >= 15 is 0 Å². The van der Waals surface area contributed by atoms with Crippen LogP contribution in [0.2, 0.25) is 0 Å². The number of hydrogen-bond donors (Lipinski definition) is 4. The smallest absolute Gasteiger partial charge is 0.459 e. The third-order valence-corrected chi connectivity index (χ3v) is 9.38. The van der Waals surface area contributed by atoms with Gasteiger partial charge in [-0.1, -0.05) is 50.2 Å². The molecule has 2 radical (unpaired) electrons. The van der Waals surface area contributed by atoms with E-state index in [1.807, 2.05) is 18.2 Å². The Bertz CT molecular complexity index is 1540. The van der Waals surface area contributed by atoms with Crippen LogP contribution in [-0.2, 0) is 37.7 Å².